The molecule has 0 bridgehead atoms. The van der Waals surface area contributed by atoms with Gasteiger partial charge in [-0.3, -0.25) is 39.0 Å². The maximum absolute atomic E-state index is 13.6. The molecule has 1 atom stereocenters. The average Bonchev–Trinajstić information content (AvgIpc) is 3.79. The topological polar surface area (TPSA) is 278 Å². The summed E-state index contributed by atoms with van der Waals surface area (Å²) < 4.78 is 33.9. The van der Waals surface area contributed by atoms with Crippen LogP contribution in [-0.2, 0) is 39.7 Å². The van der Waals surface area contributed by atoms with Gasteiger partial charge in [0, 0.05) is 61.6 Å². The minimum Gasteiger partial charge on any atom is -0.479 e. The van der Waals surface area contributed by atoms with E-state index >= 15 is 0 Å². The number of nitrogens with zero attached hydrogens (tertiary/aromatic N) is 3. The number of aromatic carboxylic acids is 1. The molecule has 20 nitrogen and oxygen atoms in total. The second-order valence-electron chi connectivity index (χ2n) is 16.9. The summed E-state index contributed by atoms with van der Waals surface area (Å²) in [6.45, 7) is 0.140. The standard InChI is InChI=1S/C46H46ClN7O13S2/c47-38-39(67-23-36(57)58)41(46(63)64)68-40(38)27-5-2-7-30(21-27)49-28-14-18-53(19-15-28)69(65,66)24-25-4-1-6-29(20-25)50-42(59)26-12-16-52(17-13-26)35(56)22-48-32-9-3-8-31-37(32)45(62)54(44(31)61)33-10-11-34(55)51-43(33)60/h1-9,20-21,26,28,33,48-49H,10-19,22-24H2,(H,50,59)(H,57,58)(H,63,64)(H,51,55,60). The van der Waals surface area contributed by atoms with E-state index in [9.17, 15) is 51.9 Å². The Balaban J connectivity index is 0.792. The van der Waals surface area contributed by atoms with Crippen molar-refractivity contribution in [2.45, 2.75) is 56.4 Å². The lowest BCUT2D eigenvalue weighted by molar-refractivity contribution is -0.139. The number of benzene rings is 3. The molecule has 5 heterocycles. The van der Waals surface area contributed by atoms with Crippen molar-refractivity contribution >= 4 is 97.4 Å². The number of hydrogen-bond donors (Lipinski definition) is 6. The number of halogens is 1. The van der Waals surface area contributed by atoms with Crippen molar-refractivity contribution in [3.63, 3.8) is 0 Å². The van der Waals surface area contributed by atoms with Crippen LogP contribution in [0.5, 0.6) is 5.75 Å². The molecule has 3 aromatic carbocycles. The molecule has 4 aliphatic heterocycles. The lowest BCUT2D eigenvalue weighted by atomic mass is 9.95. The zero-order valence-corrected chi connectivity index (χ0v) is 39.1. The summed E-state index contributed by atoms with van der Waals surface area (Å²) in [4.78, 5) is 103. The molecular formula is C46H46ClN7O13S2. The highest BCUT2D eigenvalue weighted by atomic mass is 35.5. The monoisotopic (exact) mass is 1000 g/mol. The highest BCUT2D eigenvalue weighted by Gasteiger charge is 2.46. The Morgan fingerprint density at radius 2 is 1.57 bits per heavy atom. The van der Waals surface area contributed by atoms with Gasteiger partial charge in [0.05, 0.1) is 28.3 Å². The van der Waals surface area contributed by atoms with E-state index in [1.54, 1.807) is 59.5 Å². The number of nitrogens with one attached hydrogen (secondary N) is 4. The van der Waals surface area contributed by atoms with Crippen LogP contribution in [0.2, 0.25) is 5.02 Å². The van der Waals surface area contributed by atoms with Crippen LogP contribution < -0.4 is 26.0 Å². The molecule has 8 rings (SSSR count). The number of carboxylic acid groups (broad SMARTS) is 2. The van der Waals surface area contributed by atoms with Crippen LogP contribution >= 0.6 is 22.9 Å². The Morgan fingerprint density at radius 1 is 0.855 bits per heavy atom. The molecular weight excluding hydrogens is 958 g/mol. The molecule has 1 aromatic heterocycles. The predicted molar refractivity (Wildman–Crippen MR) is 252 cm³/mol. The maximum Gasteiger partial charge on any atom is 0.349 e. The number of thiophene rings is 1. The number of anilines is 3. The first-order chi connectivity index (χ1) is 33.0. The molecule has 69 heavy (non-hydrogen) atoms. The third kappa shape index (κ3) is 10.7. The number of hydrogen-bond acceptors (Lipinski definition) is 14. The molecule has 3 saturated heterocycles. The van der Waals surface area contributed by atoms with Crippen LogP contribution in [0, 0.1) is 5.92 Å². The number of piperidine rings is 3. The lowest BCUT2D eigenvalue weighted by Crippen LogP contribution is -2.54. The molecule has 362 valence electrons. The number of likely N-dealkylation sites (tertiary alicyclic amines) is 1. The average molecular weight is 1000 g/mol. The van der Waals surface area contributed by atoms with Gasteiger partial charge in [0.1, 0.15) is 11.1 Å². The SMILES string of the molecule is O=C(O)COc1c(C(=O)O)sc(-c2cccc(NC3CCN(S(=O)(=O)Cc4cccc(NC(=O)C5CCN(C(=O)CNc6cccc7c6C(=O)N(C6CCC(=O)NC6=O)C7=O)CC5)c4)CC3)c2)c1Cl. The second kappa shape index (κ2) is 20.4. The molecule has 4 aliphatic rings. The van der Waals surface area contributed by atoms with Gasteiger partial charge in [-0.05, 0) is 79.6 Å². The van der Waals surface area contributed by atoms with Crippen LogP contribution in [0.4, 0.5) is 17.1 Å². The Bertz CT molecular complexity index is 2880. The minimum absolute atomic E-state index is 0.0119. The van der Waals surface area contributed by atoms with E-state index in [4.69, 9.17) is 21.4 Å². The summed E-state index contributed by atoms with van der Waals surface area (Å²) in [6.07, 6.45) is 1.76. The molecule has 0 aliphatic carbocycles. The number of imide groups is 2. The highest BCUT2D eigenvalue weighted by Crippen LogP contribution is 2.46. The first kappa shape index (κ1) is 48.6. The number of carbonyl (C=O) groups excluding carboxylic acids is 6. The van der Waals surface area contributed by atoms with Crippen LogP contribution in [0.1, 0.15) is 74.5 Å². The molecule has 6 N–H and O–H groups in total. The second-order valence-corrected chi connectivity index (χ2v) is 20.3. The minimum atomic E-state index is -3.74. The van der Waals surface area contributed by atoms with E-state index in [2.05, 4.69) is 21.3 Å². The molecule has 0 spiro atoms. The Labute approximate surface area is 404 Å². The van der Waals surface area contributed by atoms with Crippen molar-refractivity contribution < 1.29 is 61.7 Å². The number of rotatable bonds is 16. The molecule has 23 heteroatoms. The van der Waals surface area contributed by atoms with Crippen LogP contribution in [0.3, 0.4) is 0 Å². The van der Waals surface area contributed by atoms with Crippen molar-refractivity contribution in [1.29, 1.82) is 0 Å². The van der Waals surface area contributed by atoms with Gasteiger partial charge in [-0.1, -0.05) is 41.9 Å². The van der Waals surface area contributed by atoms with Gasteiger partial charge in [0.25, 0.3) is 11.8 Å². The number of fused-ring (bicyclic) bond motifs is 1. The number of aliphatic carboxylic acids is 1. The molecule has 1 unspecified atom stereocenters. The van der Waals surface area contributed by atoms with E-state index < -0.39 is 64.2 Å². The van der Waals surface area contributed by atoms with Gasteiger partial charge < -0.3 is 35.8 Å². The van der Waals surface area contributed by atoms with Crippen molar-refractivity contribution in [3.8, 4) is 16.2 Å². The summed E-state index contributed by atoms with van der Waals surface area (Å²) >= 11 is 7.34. The molecule has 4 aromatic rings. The number of carboxylic acids is 2. The summed E-state index contributed by atoms with van der Waals surface area (Å²) in [6, 6.07) is 17.1. The summed E-state index contributed by atoms with van der Waals surface area (Å²) in [5.74, 6) is -6.60. The quantitative estimate of drug-likeness (QED) is 0.0853. The van der Waals surface area contributed by atoms with Gasteiger partial charge in [-0.15, -0.1) is 11.3 Å². The van der Waals surface area contributed by atoms with Crippen molar-refractivity contribution in [1.82, 2.24) is 19.4 Å². The number of sulfonamides is 1. The first-order valence-electron chi connectivity index (χ1n) is 22.0. The summed E-state index contributed by atoms with van der Waals surface area (Å²) in [5.41, 5.74) is 2.59. The largest absolute Gasteiger partial charge is 0.479 e. The van der Waals surface area contributed by atoms with Gasteiger partial charge in [-0.25, -0.2) is 22.3 Å². The predicted octanol–water partition coefficient (Wildman–Crippen LogP) is 4.33. The summed E-state index contributed by atoms with van der Waals surface area (Å²) in [7, 11) is -3.74. The third-order valence-electron chi connectivity index (χ3n) is 12.3. The van der Waals surface area contributed by atoms with E-state index in [0.717, 1.165) is 16.2 Å². The Kier molecular flexibility index (Phi) is 14.3. The molecule has 0 radical (unpaired) electrons. The maximum atomic E-state index is 13.6. The zero-order chi connectivity index (χ0) is 49.1. The first-order valence-corrected chi connectivity index (χ1v) is 24.8. The Hall–Kier alpha value is -6.88. The van der Waals surface area contributed by atoms with E-state index in [0.29, 0.717) is 53.1 Å². The highest BCUT2D eigenvalue weighted by molar-refractivity contribution is 7.88. The molecule has 0 saturated carbocycles. The van der Waals surface area contributed by atoms with E-state index in [1.807, 2.05) is 6.07 Å². The van der Waals surface area contributed by atoms with E-state index in [1.165, 1.54) is 10.4 Å². The summed E-state index contributed by atoms with van der Waals surface area (Å²) in [5, 5.41) is 30.1. The lowest BCUT2D eigenvalue weighted by Gasteiger charge is -2.32. The van der Waals surface area contributed by atoms with Gasteiger partial charge in [-0.2, -0.15) is 0 Å². The van der Waals surface area contributed by atoms with Crippen LogP contribution in [0.15, 0.2) is 66.7 Å². The fourth-order valence-electron chi connectivity index (χ4n) is 8.87. The van der Waals surface area contributed by atoms with Crippen molar-refractivity contribution in [2.75, 3.05) is 55.3 Å². The van der Waals surface area contributed by atoms with Gasteiger partial charge in [0.2, 0.25) is 33.7 Å². The number of ether oxygens (including phenoxy) is 1. The van der Waals surface area contributed by atoms with Crippen LogP contribution in [0.25, 0.3) is 10.4 Å². The molecule has 3 fully saturated rings. The van der Waals surface area contributed by atoms with Gasteiger partial charge >= 0.3 is 11.9 Å². The smallest absolute Gasteiger partial charge is 0.349 e. The van der Waals surface area contributed by atoms with E-state index in [-0.39, 0.29) is 102 Å². The Morgan fingerprint density at radius 3 is 2.28 bits per heavy atom. The van der Waals surface area contributed by atoms with Crippen molar-refractivity contribution in [3.05, 3.63) is 93.3 Å². The number of amides is 6. The zero-order valence-electron chi connectivity index (χ0n) is 36.7. The third-order valence-corrected chi connectivity index (χ3v) is 15.9. The molecule has 6 amide bonds. The van der Waals surface area contributed by atoms with Gasteiger partial charge in [0.15, 0.2) is 17.2 Å². The fourth-order valence-corrected chi connectivity index (χ4v) is 11.8. The number of carbonyl (C=O) groups is 8. The fraction of sp³-hybridized carbons (Fsp3) is 0.348. The van der Waals surface area contributed by atoms with Crippen molar-refractivity contribution in [2.24, 2.45) is 5.92 Å². The van der Waals surface area contributed by atoms with Crippen LogP contribution in [-0.4, -0.2) is 132 Å². The normalized spacial score (nSPS) is 18.1.